The molecule has 1 unspecified atom stereocenters. The maximum atomic E-state index is 13.6. The Kier molecular flexibility index (Phi) is 3.37. The van der Waals surface area contributed by atoms with Gasteiger partial charge in [0.25, 0.3) is 0 Å². The van der Waals surface area contributed by atoms with Crippen molar-refractivity contribution in [3.05, 3.63) is 56.8 Å². The summed E-state index contributed by atoms with van der Waals surface area (Å²) in [6.07, 6.45) is 3.90. The fraction of sp³-hybridized carbons (Fsp3) is 0.333. The van der Waals surface area contributed by atoms with Crippen LogP contribution in [0.5, 0.6) is 0 Å². The van der Waals surface area contributed by atoms with Crippen LogP contribution in [0.15, 0.2) is 24.3 Å². The summed E-state index contributed by atoms with van der Waals surface area (Å²) in [6, 6.07) is 5.61. The summed E-state index contributed by atoms with van der Waals surface area (Å²) >= 11 is 1.74. The van der Waals surface area contributed by atoms with Gasteiger partial charge in [-0.05, 0) is 48.9 Å². The van der Waals surface area contributed by atoms with Crippen LogP contribution in [0, 0.1) is 11.6 Å². The highest BCUT2D eigenvalue weighted by Crippen LogP contribution is 2.34. The minimum absolute atomic E-state index is 0.212. The van der Waals surface area contributed by atoms with E-state index in [1.165, 1.54) is 29.0 Å². The standard InChI is InChI=1S/C15H15F2NS/c16-11-5-4-9(12(17)8-11)6-13(18)15-7-10-2-1-3-14(10)19-15/h4-5,7-8,13H,1-3,6,18H2. The number of benzene rings is 1. The molecule has 1 atom stereocenters. The molecule has 1 aliphatic rings. The van der Waals surface area contributed by atoms with Crippen molar-refractivity contribution < 1.29 is 8.78 Å². The number of halogens is 2. The third kappa shape index (κ3) is 2.55. The molecule has 0 bridgehead atoms. The predicted molar refractivity (Wildman–Crippen MR) is 73.3 cm³/mol. The van der Waals surface area contributed by atoms with Crippen LogP contribution in [-0.2, 0) is 19.3 Å². The van der Waals surface area contributed by atoms with Crippen molar-refractivity contribution in [1.29, 1.82) is 0 Å². The fourth-order valence-corrected chi connectivity index (χ4v) is 3.82. The van der Waals surface area contributed by atoms with Crippen LogP contribution in [0.2, 0.25) is 0 Å². The van der Waals surface area contributed by atoms with E-state index in [-0.39, 0.29) is 6.04 Å². The van der Waals surface area contributed by atoms with Gasteiger partial charge >= 0.3 is 0 Å². The smallest absolute Gasteiger partial charge is 0.129 e. The summed E-state index contributed by atoms with van der Waals surface area (Å²) in [5.41, 5.74) is 8.02. The average Bonchev–Trinajstić information content (AvgIpc) is 2.93. The van der Waals surface area contributed by atoms with E-state index < -0.39 is 11.6 Å². The van der Waals surface area contributed by atoms with E-state index in [4.69, 9.17) is 5.73 Å². The zero-order valence-corrected chi connectivity index (χ0v) is 11.3. The lowest BCUT2D eigenvalue weighted by molar-refractivity contribution is 0.564. The Hall–Kier alpha value is -1.26. The second-order valence-corrected chi connectivity index (χ2v) is 6.17. The van der Waals surface area contributed by atoms with Gasteiger partial charge in [-0.1, -0.05) is 6.07 Å². The number of hydrogen-bond acceptors (Lipinski definition) is 2. The Morgan fingerprint density at radius 3 is 2.79 bits per heavy atom. The Morgan fingerprint density at radius 1 is 1.21 bits per heavy atom. The third-order valence-corrected chi connectivity index (χ3v) is 4.96. The van der Waals surface area contributed by atoms with Crippen molar-refractivity contribution in [3.8, 4) is 0 Å². The minimum Gasteiger partial charge on any atom is -0.323 e. The first-order valence-electron chi connectivity index (χ1n) is 6.44. The van der Waals surface area contributed by atoms with Gasteiger partial charge in [0, 0.05) is 21.9 Å². The van der Waals surface area contributed by atoms with E-state index in [1.807, 2.05) is 0 Å². The average molecular weight is 279 g/mol. The maximum absolute atomic E-state index is 13.6. The molecule has 100 valence electrons. The van der Waals surface area contributed by atoms with Gasteiger partial charge in [-0.2, -0.15) is 0 Å². The summed E-state index contributed by atoms with van der Waals surface area (Å²) in [6.45, 7) is 0. The summed E-state index contributed by atoms with van der Waals surface area (Å²) < 4.78 is 26.4. The van der Waals surface area contributed by atoms with E-state index in [0.717, 1.165) is 23.8 Å². The number of nitrogens with two attached hydrogens (primary N) is 1. The van der Waals surface area contributed by atoms with E-state index in [0.29, 0.717) is 12.0 Å². The summed E-state index contributed by atoms with van der Waals surface area (Å²) in [5.74, 6) is -1.07. The van der Waals surface area contributed by atoms with Crippen molar-refractivity contribution in [1.82, 2.24) is 0 Å². The highest BCUT2D eigenvalue weighted by Gasteiger charge is 2.19. The number of hydrogen-bond donors (Lipinski definition) is 1. The van der Waals surface area contributed by atoms with Gasteiger partial charge in [0.15, 0.2) is 0 Å². The maximum Gasteiger partial charge on any atom is 0.129 e. The van der Waals surface area contributed by atoms with Crippen LogP contribution in [0.3, 0.4) is 0 Å². The van der Waals surface area contributed by atoms with E-state index in [2.05, 4.69) is 6.07 Å². The SMILES string of the molecule is NC(Cc1ccc(F)cc1F)c1cc2c(s1)CCC2. The monoisotopic (exact) mass is 279 g/mol. The van der Waals surface area contributed by atoms with Crippen molar-refractivity contribution in [2.45, 2.75) is 31.7 Å². The zero-order valence-electron chi connectivity index (χ0n) is 10.5. The minimum atomic E-state index is -0.551. The van der Waals surface area contributed by atoms with Crippen molar-refractivity contribution in [2.24, 2.45) is 5.73 Å². The van der Waals surface area contributed by atoms with E-state index in [9.17, 15) is 8.78 Å². The molecule has 2 aromatic rings. The highest BCUT2D eigenvalue weighted by molar-refractivity contribution is 7.12. The summed E-state index contributed by atoms with van der Waals surface area (Å²) in [5, 5.41) is 0. The predicted octanol–water partition coefficient (Wildman–Crippen LogP) is 3.76. The molecular weight excluding hydrogens is 264 g/mol. The van der Waals surface area contributed by atoms with Gasteiger partial charge in [-0.3, -0.25) is 0 Å². The lowest BCUT2D eigenvalue weighted by atomic mass is 10.0. The largest absolute Gasteiger partial charge is 0.323 e. The molecule has 0 radical (unpaired) electrons. The lowest BCUT2D eigenvalue weighted by Crippen LogP contribution is -2.13. The van der Waals surface area contributed by atoms with Crippen LogP contribution in [0.1, 0.15) is 33.3 Å². The molecule has 1 aromatic heterocycles. The van der Waals surface area contributed by atoms with Gasteiger partial charge in [-0.25, -0.2) is 8.78 Å². The van der Waals surface area contributed by atoms with Gasteiger partial charge in [0.1, 0.15) is 11.6 Å². The molecule has 19 heavy (non-hydrogen) atoms. The van der Waals surface area contributed by atoms with Gasteiger partial charge in [0.2, 0.25) is 0 Å². The van der Waals surface area contributed by atoms with E-state index in [1.54, 1.807) is 11.3 Å². The molecule has 3 rings (SSSR count). The first-order valence-corrected chi connectivity index (χ1v) is 7.26. The molecule has 0 amide bonds. The Bertz CT molecular complexity index is 585. The van der Waals surface area contributed by atoms with Gasteiger partial charge in [0.05, 0.1) is 0 Å². The topological polar surface area (TPSA) is 26.0 Å². The number of thiophene rings is 1. The van der Waals surface area contributed by atoms with Crippen molar-refractivity contribution in [2.75, 3.05) is 0 Å². The fourth-order valence-electron chi connectivity index (χ4n) is 2.56. The lowest BCUT2D eigenvalue weighted by Gasteiger charge is -2.10. The van der Waals surface area contributed by atoms with Crippen LogP contribution in [0.4, 0.5) is 8.78 Å². The number of rotatable bonds is 3. The Labute approximate surface area is 115 Å². The first-order chi connectivity index (χ1) is 9.13. The first kappa shape index (κ1) is 12.8. The Morgan fingerprint density at radius 2 is 2.05 bits per heavy atom. The molecule has 4 heteroatoms. The second kappa shape index (κ2) is 5.02. The van der Waals surface area contributed by atoms with Crippen molar-refractivity contribution in [3.63, 3.8) is 0 Å². The molecule has 0 saturated carbocycles. The second-order valence-electron chi connectivity index (χ2n) is 5.00. The summed E-state index contributed by atoms with van der Waals surface area (Å²) in [7, 11) is 0. The van der Waals surface area contributed by atoms with Crippen molar-refractivity contribution >= 4 is 11.3 Å². The molecule has 1 aromatic carbocycles. The van der Waals surface area contributed by atoms with Crippen LogP contribution < -0.4 is 5.73 Å². The molecule has 0 aliphatic heterocycles. The molecule has 1 aliphatic carbocycles. The molecule has 0 saturated heterocycles. The number of fused-ring (bicyclic) bond motifs is 1. The van der Waals surface area contributed by atoms with Gasteiger partial charge < -0.3 is 5.73 Å². The van der Waals surface area contributed by atoms with Gasteiger partial charge in [-0.15, -0.1) is 11.3 Å². The third-order valence-electron chi connectivity index (χ3n) is 3.59. The van der Waals surface area contributed by atoms with Crippen LogP contribution in [-0.4, -0.2) is 0 Å². The summed E-state index contributed by atoms with van der Waals surface area (Å²) in [4.78, 5) is 2.53. The highest BCUT2D eigenvalue weighted by atomic mass is 32.1. The molecule has 1 heterocycles. The molecular formula is C15H15F2NS. The Balaban J connectivity index is 1.78. The van der Waals surface area contributed by atoms with Crippen LogP contribution >= 0.6 is 11.3 Å². The quantitative estimate of drug-likeness (QED) is 0.909. The molecule has 0 spiro atoms. The normalized spacial score (nSPS) is 15.5. The molecule has 2 N–H and O–H groups in total. The van der Waals surface area contributed by atoms with E-state index >= 15 is 0 Å². The number of aryl methyl sites for hydroxylation is 2. The van der Waals surface area contributed by atoms with Crippen LogP contribution in [0.25, 0.3) is 0 Å². The zero-order chi connectivity index (χ0) is 13.4. The molecule has 0 fully saturated rings. The molecule has 1 nitrogen and oxygen atoms in total.